The lowest BCUT2D eigenvalue weighted by molar-refractivity contribution is 0.0957. The zero-order valence-corrected chi connectivity index (χ0v) is 12.4. The maximum Gasteiger partial charge on any atom is 0.271 e. The van der Waals surface area contributed by atoms with Gasteiger partial charge < -0.3 is 10.6 Å². The number of aromatic nitrogens is 2. The summed E-state index contributed by atoms with van der Waals surface area (Å²) in [6.07, 6.45) is 6.64. The molecule has 1 fully saturated rings. The Morgan fingerprint density at radius 1 is 1.35 bits per heavy atom. The number of nitrogens with zero attached hydrogens (tertiary/aromatic N) is 2. The summed E-state index contributed by atoms with van der Waals surface area (Å²) in [5, 5.41) is 13.7. The van der Waals surface area contributed by atoms with Crippen LogP contribution in [0.2, 0.25) is 0 Å². The first-order valence-electron chi connectivity index (χ1n) is 7.48. The van der Waals surface area contributed by atoms with Crippen LogP contribution in [0, 0.1) is 11.8 Å². The molecule has 0 spiro atoms. The standard InChI is InChI=1S/C15H24N4O/c1-11-4-3-5-12(10-11)8-9-17-14-7-6-13(18-19-14)15(20)16-2/h6-7,11-12H,3-5,8-10H2,1-2H3,(H,16,20)(H,17,19). The maximum absolute atomic E-state index is 11.3. The third-order valence-corrected chi connectivity index (χ3v) is 4.03. The van der Waals surface area contributed by atoms with Crippen LogP contribution >= 0.6 is 0 Å². The Hall–Kier alpha value is -1.65. The van der Waals surface area contributed by atoms with E-state index in [4.69, 9.17) is 0 Å². The zero-order valence-electron chi connectivity index (χ0n) is 12.4. The van der Waals surface area contributed by atoms with Gasteiger partial charge in [0.05, 0.1) is 0 Å². The van der Waals surface area contributed by atoms with E-state index in [1.54, 1.807) is 19.2 Å². The van der Waals surface area contributed by atoms with Crippen LogP contribution in [0.1, 0.15) is 49.5 Å². The Labute approximate surface area is 120 Å². The van der Waals surface area contributed by atoms with Crippen molar-refractivity contribution in [3.05, 3.63) is 17.8 Å². The minimum atomic E-state index is -0.208. The number of rotatable bonds is 5. The van der Waals surface area contributed by atoms with Gasteiger partial charge in [-0.1, -0.05) is 26.2 Å². The molecule has 2 rings (SSSR count). The van der Waals surface area contributed by atoms with Crippen molar-refractivity contribution >= 4 is 11.7 Å². The fourth-order valence-electron chi connectivity index (χ4n) is 2.90. The van der Waals surface area contributed by atoms with E-state index in [1.165, 1.54) is 32.1 Å². The smallest absolute Gasteiger partial charge is 0.271 e. The first-order chi connectivity index (χ1) is 9.69. The molecule has 0 radical (unpaired) electrons. The molecule has 0 aliphatic heterocycles. The third-order valence-electron chi connectivity index (χ3n) is 4.03. The molecule has 1 aromatic rings. The quantitative estimate of drug-likeness (QED) is 0.867. The average molecular weight is 276 g/mol. The van der Waals surface area contributed by atoms with Gasteiger partial charge in [0.25, 0.3) is 5.91 Å². The number of hydrogen-bond acceptors (Lipinski definition) is 4. The van der Waals surface area contributed by atoms with E-state index in [0.29, 0.717) is 5.69 Å². The molecule has 5 nitrogen and oxygen atoms in total. The molecule has 1 saturated carbocycles. The van der Waals surface area contributed by atoms with E-state index in [0.717, 1.165) is 24.2 Å². The lowest BCUT2D eigenvalue weighted by Crippen LogP contribution is -2.20. The number of hydrogen-bond donors (Lipinski definition) is 2. The van der Waals surface area contributed by atoms with Gasteiger partial charge in [0, 0.05) is 13.6 Å². The molecule has 1 heterocycles. The van der Waals surface area contributed by atoms with Gasteiger partial charge in [-0.3, -0.25) is 4.79 Å². The second-order valence-electron chi connectivity index (χ2n) is 5.74. The van der Waals surface area contributed by atoms with Gasteiger partial charge in [-0.25, -0.2) is 0 Å². The number of carbonyl (C=O) groups is 1. The van der Waals surface area contributed by atoms with Crippen molar-refractivity contribution in [1.82, 2.24) is 15.5 Å². The lowest BCUT2D eigenvalue weighted by atomic mass is 9.81. The summed E-state index contributed by atoms with van der Waals surface area (Å²) in [7, 11) is 1.58. The molecule has 5 heteroatoms. The van der Waals surface area contributed by atoms with Crippen molar-refractivity contribution in [1.29, 1.82) is 0 Å². The van der Waals surface area contributed by atoms with Crippen molar-refractivity contribution in [3.63, 3.8) is 0 Å². The summed E-state index contributed by atoms with van der Waals surface area (Å²) in [4.78, 5) is 11.3. The topological polar surface area (TPSA) is 66.9 Å². The van der Waals surface area contributed by atoms with Crippen molar-refractivity contribution < 1.29 is 4.79 Å². The van der Waals surface area contributed by atoms with Gasteiger partial charge in [-0.2, -0.15) is 0 Å². The maximum atomic E-state index is 11.3. The van der Waals surface area contributed by atoms with Crippen LogP contribution in [-0.4, -0.2) is 29.7 Å². The molecule has 110 valence electrons. The van der Waals surface area contributed by atoms with Gasteiger partial charge >= 0.3 is 0 Å². The van der Waals surface area contributed by atoms with Crippen molar-refractivity contribution in [3.8, 4) is 0 Å². The number of carbonyl (C=O) groups excluding carboxylic acids is 1. The second-order valence-corrected chi connectivity index (χ2v) is 5.74. The number of anilines is 1. The Balaban J connectivity index is 1.75. The van der Waals surface area contributed by atoms with Gasteiger partial charge in [0.1, 0.15) is 5.82 Å². The summed E-state index contributed by atoms with van der Waals surface area (Å²) in [6, 6.07) is 3.50. The third kappa shape index (κ3) is 4.18. The summed E-state index contributed by atoms with van der Waals surface area (Å²) in [5.74, 6) is 2.24. The van der Waals surface area contributed by atoms with Crippen LogP contribution in [0.5, 0.6) is 0 Å². The van der Waals surface area contributed by atoms with E-state index in [2.05, 4.69) is 27.8 Å². The molecule has 1 aromatic heterocycles. The predicted octanol–water partition coefficient (Wildman–Crippen LogP) is 2.46. The molecule has 2 atom stereocenters. The highest BCUT2D eigenvalue weighted by Crippen LogP contribution is 2.30. The molecule has 0 aromatic carbocycles. The first-order valence-corrected chi connectivity index (χ1v) is 7.48. The van der Waals surface area contributed by atoms with Gasteiger partial charge in [-0.15, -0.1) is 10.2 Å². The fraction of sp³-hybridized carbons (Fsp3) is 0.667. The first kappa shape index (κ1) is 14.8. The van der Waals surface area contributed by atoms with Crippen LogP contribution in [0.3, 0.4) is 0 Å². The van der Waals surface area contributed by atoms with Crippen molar-refractivity contribution in [2.45, 2.75) is 39.0 Å². The Bertz CT molecular complexity index is 432. The predicted molar refractivity (Wildman–Crippen MR) is 79.7 cm³/mol. The number of amides is 1. The van der Waals surface area contributed by atoms with E-state index in [9.17, 15) is 4.79 Å². The SMILES string of the molecule is CNC(=O)c1ccc(NCCC2CCCC(C)C2)nn1. The summed E-state index contributed by atoms with van der Waals surface area (Å²) in [5.41, 5.74) is 0.346. The molecular formula is C15H24N4O. The Morgan fingerprint density at radius 2 is 2.20 bits per heavy atom. The van der Waals surface area contributed by atoms with Gasteiger partial charge in [0.2, 0.25) is 0 Å². The molecule has 0 saturated heterocycles. The fourth-order valence-corrected chi connectivity index (χ4v) is 2.90. The van der Waals surface area contributed by atoms with Gasteiger partial charge in [-0.05, 0) is 36.8 Å². The highest BCUT2D eigenvalue weighted by Gasteiger charge is 2.18. The molecule has 1 amide bonds. The summed E-state index contributed by atoms with van der Waals surface area (Å²) < 4.78 is 0. The highest BCUT2D eigenvalue weighted by atomic mass is 16.1. The van der Waals surface area contributed by atoms with Crippen LogP contribution in [0.4, 0.5) is 5.82 Å². The average Bonchev–Trinajstić information content (AvgIpc) is 2.47. The number of nitrogens with one attached hydrogen (secondary N) is 2. The molecular weight excluding hydrogens is 252 g/mol. The monoisotopic (exact) mass is 276 g/mol. The molecule has 20 heavy (non-hydrogen) atoms. The van der Waals surface area contributed by atoms with Crippen LogP contribution in [0.25, 0.3) is 0 Å². The summed E-state index contributed by atoms with van der Waals surface area (Å²) >= 11 is 0. The van der Waals surface area contributed by atoms with Crippen LogP contribution < -0.4 is 10.6 Å². The van der Waals surface area contributed by atoms with Gasteiger partial charge in [0.15, 0.2) is 5.69 Å². The molecule has 2 N–H and O–H groups in total. The van der Waals surface area contributed by atoms with E-state index < -0.39 is 0 Å². The van der Waals surface area contributed by atoms with E-state index in [-0.39, 0.29) is 5.91 Å². The van der Waals surface area contributed by atoms with Crippen LogP contribution in [0.15, 0.2) is 12.1 Å². The van der Waals surface area contributed by atoms with Crippen molar-refractivity contribution in [2.75, 3.05) is 18.9 Å². The Morgan fingerprint density at radius 3 is 2.85 bits per heavy atom. The van der Waals surface area contributed by atoms with Crippen LogP contribution in [-0.2, 0) is 0 Å². The zero-order chi connectivity index (χ0) is 14.4. The highest BCUT2D eigenvalue weighted by molar-refractivity contribution is 5.91. The Kier molecular flexibility index (Phi) is 5.32. The van der Waals surface area contributed by atoms with E-state index >= 15 is 0 Å². The largest absolute Gasteiger partial charge is 0.369 e. The molecule has 2 unspecified atom stereocenters. The van der Waals surface area contributed by atoms with E-state index in [1.807, 2.05) is 0 Å². The summed E-state index contributed by atoms with van der Waals surface area (Å²) in [6.45, 7) is 3.27. The second kappa shape index (κ2) is 7.22. The lowest BCUT2D eigenvalue weighted by Gasteiger charge is -2.26. The normalized spacial score (nSPS) is 22.3. The molecule has 1 aliphatic rings. The van der Waals surface area contributed by atoms with Crippen molar-refractivity contribution in [2.24, 2.45) is 11.8 Å². The minimum Gasteiger partial charge on any atom is -0.369 e. The molecule has 1 aliphatic carbocycles. The molecule has 0 bridgehead atoms. The minimum absolute atomic E-state index is 0.208.